The molecule has 0 bridgehead atoms. The van der Waals surface area contributed by atoms with Crippen LogP contribution >= 0.6 is 27.3 Å². The number of anilines is 2. The van der Waals surface area contributed by atoms with Crippen LogP contribution in [-0.4, -0.2) is 30.4 Å². The highest BCUT2D eigenvalue weighted by Crippen LogP contribution is 2.42. The van der Waals surface area contributed by atoms with Crippen molar-refractivity contribution in [2.45, 2.75) is 6.04 Å². The highest BCUT2D eigenvalue weighted by atomic mass is 79.9. The van der Waals surface area contributed by atoms with Gasteiger partial charge in [0, 0.05) is 20.5 Å². The number of H-pyrrole nitrogens is 1. The topological polar surface area (TPSA) is 101 Å². The van der Waals surface area contributed by atoms with Crippen molar-refractivity contribution >= 4 is 38.9 Å². The van der Waals surface area contributed by atoms with Gasteiger partial charge in [-0.3, -0.25) is 4.79 Å². The molecule has 26 heavy (non-hydrogen) atoms. The van der Waals surface area contributed by atoms with E-state index in [0.717, 1.165) is 20.5 Å². The Balaban J connectivity index is 1.82. The lowest BCUT2D eigenvalue weighted by Gasteiger charge is -2.26. The summed E-state index contributed by atoms with van der Waals surface area (Å²) in [6.45, 7) is 0. The normalized spacial score (nSPS) is 15.2. The van der Waals surface area contributed by atoms with E-state index in [4.69, 9.17) is 0 Å². The summed E-state index contributed by atoms with van der Waals surface area (Å²) >= 11 is 5.03. The predicted octanol–water partition coefficient (Wildman–Crippen LogP) is 2.94. The van der Waals surface area contributed by atoms with Crippen molar-refractivity contribution in [1.29, 1.82) is 0 Å². The Bertz CT molecular complexity index is 1150. The average molecular weight is 428 g/mol. The number of benzene rings is 1. The van der Waals surface area contributed by atoms with Crippen LogP contribution in [0.5, 0.6) is 0 Å². The Morgan fingerprint density at radius 3 is 2.81 bits per heavy atom. The van der Waals surface area contributed by atoms with Gasteiger partial charge in [0.05, 0.1) is 5.69 Å². The number of fused-ring (bicyclic) bond motifs is 2. The minimum atomic E-state index is -0.329. The van der Waals surface area contributed by atoms with Gasteiger partial charge in [0.15, 0.2) is 0 Å². The largest absolute Gasteiger partial charge is 0.318 e. The molecule has 2 N–H and O–H groups in total. The lowest BCUT2D eigenvalue weighted by molar-refractivity contribution is 0.574. The number of rotatable bonds is 2. The monoisotopic (exact) mass is 427 g/mol. The minimum absolute atomic E-state index is 0.309. The van der Waals surface area contributed by atoms with Gasteiger partial charge in [-0.2, -0.15) is 9.78 Å². The van der Waals surface area contributed by atoms with Crippen LogP contribution in [0.25, 0.3) is 11.3 Å². The van der Waals surface area contributed by atoms with Crippen LogP contribution in [0.3, 0.4) is 0 Å². The summed E-state index contributed by atoms with van der Waals surface area (Å²) in [6, 6.07) is 11.4. The third-order valence-electron chi connectivity index (χ3n) is 4.20. The fourth-order valence-corrected chi connectivity index (χ4v) is 4.16. The maximum absolute atomic E-state index is 12.5. The Morgan fingerprint density at radius 2 is 2.04 bits per heavy atom. The highest BCUT2D eigenvalue weighted by molar-refractivity contribution is 9.10. The van der Waals surface area contributed by atoms with Crippen LogP contribution in [0.4, 0.5) is 11.6 Å². The van der Waals surface area contributed by atoms with E-state index in [0.29, 0.717) is 17.3 Å². The van der Waals surface area contributed by atoms with Crippen molar-refractivity contribution in [3.63, 3.8) is 0 Å². The van der Waals surface area contributed by atoms with Crippen molar-refractivity contribution in [2.75, 3.05) is 5.32 Å². The molecule has 1 atom stereocenters. The van der Waals surface area contributed by atoms with Crippen LogP contribution in [0.2, 0.25) is 0 Å². The fraction of sp³-hybridized carbons (Fsp3) is 0.0625. The molecule has 128 valence electrons. The lowest BCUT2D eigenvalue weighted by atomic mass is 9.96. The molecule has 10 heteroatoms. The molecule has 0 radical (unpaired) electrons. The zero-order chi connectivity index (χ0) is 17.7. The molecule has 1 aliphatic rings. The Morgan fingerprint density at radius 1 is 1.19 bits per heavy atom. The number of nitrogens with one attached hydrogen (secondary N) is 2. The summed E-state index contributed by atoms with van der Waals surface area (Å²) in [5.41, 5.74) is 2.42. The van der Waals surface area contributed by atoms with Gasteiger partial charge < -0.3 is 5.32 Å². The number of tetrazole rings is 1. The van der Waals surface area contributed by atoms with Gasteiger partial charge in [0.25, 0.3) is 5.56 Å². The van der Waals surface area contributed by atoms with Gasteiger partial charge in [-0.05, 0) is 34.0 Å². The molecule has 4 heterocycles. The van der Waals surface area contributed by atoms with Crippen molar-refractivity contribution in [2.24, 2.45) is 0 Å². The number of aromatic amines is 1. The first-order chi connectivity index (χ1) is 12.7. The highest BCUT2D eigenvalue weighted by Gasteiger charge is 2.34. The molecule has 1 aromatic carbocycles. The van der Waals surface area contributed by atoms with Gasteiger partial charge >= 0.3 is 0 Å². The van der Waals surface area contributed by atoms with Gasteiger partial charge in [0.2, 0.25) is 5.95 Å². The zero-order valence-corrected chi connectivity index (χ0v) is 15.5. The Kier molecular flexibility index (Phi) is 3.47. The van der Waals surface area contributed by atoms with E-state index in [9.17, 15) is 4.79 Å². The molecule has 0 aliphatic carbocycles. The van der Waals surface area contributed by atoms with Crippen LogP contribution in [0, 0.1) is 0 Å². The van der Waals surface area contributed by atoms with E-state index in [2.05, 4.69) is 47.0 Å². The molecule has 3 aromatic heterocycles. The SMILES string of the molecule is O=c1[nH]nc(-c2ccc(Br)cc2)c2c1Nc1nnnn1C2c1cccs1. The number of hydrogen-bond acceptors (Lipinski definition) is 7. The molecular formula is C16H10BrN7OS. The molecule has 0 amide bonds. The van der Waals surface area contributed by atoms with Crippen molar-refractivity contribution in [1.82, 2.24) is 30.4 Å². The number of thiophene rings is 1. The first-order valence-electron chi connectivity index (χ1n) is 7.69. The standard InChI is InChI=1S/C16H10BrN7OS/c17-9-5-3-8(4-6-9)12-11-13(15(25)20-19-12)18-16-21-22-23-24(16)14(11)10-2-1-7-26-10/h1-7,14H,(H,20,25)(H,18,21,23). The molecule has 1 unspecified atom stereocenters. The third-order valence-corrected chi connectivity index (χ3v) is 5.65. The summed E-state index contributed by atoms with van der Waals surface area (Å²) < 4.78 is 2.65. The number of aromatic nitrogens is 6. The van der Waals surface area contributed by atoms with Crippen LogP contribution < -0.4 is 10.9 Å². The third kappa shape index (κ3) is 2.30. The summed E-state index contributed by atoms with van der Waals surface area (Å²) in [4.78, 5) is 13.5. The molecular weight excluding hydrogens is 418 g/mol. The summed E-state index contributed by atoms with van der Waals surface area (Å²) in [5, 5.41) is 23.8. The Hall–Kier alpha value is -2.85. The van der Waals surface area contributed by atoms with E-state index >= 15 is 0 Å². The maximum atomic E-state index is 12.5. The average Bonchev–Trinajstić information content (AvgIpc) is 3.33. The molecule has 0 saturated heterocycles. The molecule has 8 nitrogen and oxygen atoms in total. The van der Waals surface area contributed by atoms with Gasteiger partial charge in [-0.15, -0.1) is 11.3 Å². The van der Waals surface area contributed by atoms with Gasteiger partial charge in [-0.25, -0.2) is 5.10 Å². The summed E-state index contributed by atoms with van der Waals surface area (Å²) in [6.07, 6.45) is 0. The molecule has 5 rings (SSSR count). The van der Waals surface area contributed by atoms with Gasteiger partial charge in [-0.1, -0.05) is 39.2 Å². The van der Waals surface area contributed by atoms with E-state index < -0.39 is 0 Å². The summed E-state index contributed by atoms with van der Waals surface area (Å²) in [5.74, 6) is 0.425. The van der Waals surface area contributed by atoms with Crippen molar-refractivity contribution in [3.8, 4) is 11.3 Å². The quantitative estimate of drug-likeness (QED) is 0.449. The van der Waals surface area contributed by atoms with E-state index in [-0.39, 0.29) is 11.6 Å². The number of hydrogen-bond donors (Lipinski definition) is 2. The number of nitrogens with zero attached hydrogens (tertiary/aromatic N) is 5. The molecule has 4 aromatic rings. The first-order valence-corrected chi connectivity index (χ1v) is 9.36. The van der Waals surface area contributed by atoms with Crippen LogP contribution in [0.1, 0.15) is 16.5 Å². The zero-order valence-electron chi connectivity index (χ0n) is 13.0. The second kappa shape index (κ2) is 5.85. The van der Waals surface area contributed by atoms with Crippen LogP contribution in [-0.2, 0) is 0 Å². The molecule has 0 saturated carbocycles. The Labute approximate surface area is 159 Å². The second-order valence-electron chi connectivity index (χ2n) is 5.69. The minimum Gasteiger partial charge on any atom is -0.318 e. The fourth-order valence-electron chi connectivity index (χ4n) is 3.08. The maximum Gasteiger partial charge on any atom is 0.288 e. The lowest BCUT2D eigenvalue weighted by Crippen LogP contribution is -2.28. The first kappa shape index (κ1) is 15.4. The van der Waals surface area contributed by atoms with E-state index in [1.165, 1.54) is 0 Å². The van der Waals surface area contributed by atoms with Crippen molar-refractivity contribution < 1.29 is 0 Å². The van der Waals surface area contributed by atoms with E-state index in [1.54, 1.807) is 16.0 Å². The van der Waals surface area contributed by atoms with Crippen LogP contribution in [0.15, 0.2) is 51.0 Å². The van der Waals surface area contributed by atoms with Gasteiger partial charge in [0.1, 0.15) is 11.7 Å². The molecule has 0 spiro atoms. The summed E-state index contributed by atoms with van der Waals surface area (Å²) in [7, 11) is 0. The molecule has 1 aliphatic heterocycles. The predicted molar refractivity (Wildman–Crippen MR) is 101 cm³/mol. The van der Waals surface area contributed by atoms with E-state index in [1.807, 2.05) is 41.8 Å². The number of halogens is 1. The smallest absolute Gasteiger partial charge is 0.288 e. The van der Waals surface area contributed by atoms with Crippen molar-refractivity contribution in [3.05, 3.63) is 67.0 Å². The second-order valence-corrected chi connectivity index (χ2v) is 7.58. The molecule has 0 fully saturated rings.